The predicted molar refractivity (Wildman–Crippen MR) is 112 cm³/mol. The molecule has 0 fully saturated rings. The Kier molecular flexibility index (Phi) is 6.36. The van der Waals surface area contributed by atoms with Gasteiger partial charge in [0, 0.05) is 30.1 Å². The van der Waals surface area contributed by atoms with Gasteiger partial charge in [-0.25, -0.2) is 9.97 Å². The highest BCUT2D eigenvalue weighted by molar-refractivity contribution is 6.03. The van der Waals surface area contributed by atoms with Crippen molar-refractivity contribution in [3.05, 3.63) is 66.6 Å². The molecule has 8 heteroatoms. The molecule has 2 amide bonds. The monoisotopic (exact) mass is 391 g/mol. The summed E-state index contributed by atoms with van der Waals surface area (Å²) in [7, 11) is 0. The number of nitrogens with zero attached hydrogens (tertiary/aromatic N) is 2. The minimum absolute atomic E-state index is 0.135. The molecule has 0 atom stereocenters. The summed E-state index contributed by atoms with van der Waals surface area (Å²) in [6.07, 6.45) is 1.32. The predicted octanol–water partition coefficient (Wildman–Crippen LogP) is 3.83. The molecule has 0 saturated carbocycles. The zero-order valence-electron chi connectivity index (χ0n) is 16.1. The van der Waals surface area contributed by atoms with Gasteiger partial charge in [-0.2, -0.15) is 0 Å². The molecule has 0 spiro atoms. The number of carbonyl (C=O) groups excluding carboxylic acids is 2. The van der Waals surface area contributed by atoms with Crippen molar-refractivity contribution >= 4 is 34.7 Å². The largest absolute Gasteiger partial charge is 0.494 e. The Hall–Kier alpha value is -3.94. The molecule has 29 heavy (non-hydrogen) atoms. The molecular weight excluding hydrogens is 370 g/mol. The summed E-state index contributed by atoms with van der Waals surface area (Å²) in [5.74, 6) is 0.734. The number of rotatable bonds is 7. The van der Waals surface area contributed by atoms with Crippen molar-refractivity contribution in [3.63, 3.8) is 0 Å². The zero-order valence-corrected chi connectivity index (χ0v) is 16.1. The average Bonchev–Trinajstić information content (AvgIpc) is 2.71. The molecule has 8 nitrogen and oxygen atoms in total. The molecule has 1 heterocycles. The number of ether oxygens (including phenoxy) is 1. The average molecular weight is 391 g/mol. The lowest BCUT2D eigenvalue weighted by Crippen LogP contribution is -2.14. The fourth-order valence-electron chi connectivity index (χ4n) is 2.53. The van der Waals surface area contributed by atoms with Crippen molar-refractivity contribution in [2.24, 2.45) is 0 Å². The van der Waals surface area contributed by atoms with Crippen LogP contribution in [0, 0.1) is 0 Å². The summed E-state index contributed by atoms with van der Waals surface area (Å²) >= 11 is 0. The molecule has 0 aliphatic heterocycles. The number of benzene rings is 2. The molecule has 0 aliphatic rings. The third kappa shape index (κ3) is 5.77. The van der Waals surface area contributed by atoms with E-state index in [0.717, 1.165) is 11.4 Å². The van der Waals surface area contributed by atoms with E-state index in [0.29, 0.717) is 23.8 Å². The highest BCUT2D eigenvalue weighted by atomic mass is 16.5. The topological polar surface area (TPSA) is 105 Å². The maximum Gasteiger partial charge on any atom is 0.274 e. The van der Waals surface area contributed by atoms with Crippen LogP contribution in [0.4, 0.5) is 22.9 Å². The summed E-state index contributed by atoms with van der Waals surface area (Å²) in [5.41, 5.74) is 2.32. The molecule has 1 aromatic heterocycles. The molecule has 0 aliphatic carbocycles. The van der Waals surface area contributed by atoms with Crippen molar-refractivity contribution in [1.29, 1.82) is 0 Å². The number of carbonyl (C=O) groups is 2. The fourth-order valence-corrected chi connectivity index (χ4v) is 2.53. The van der Waals surface area contributed by atoms with Crippen molar-refractivity contribution in [2.45, 2.75) is 13.8 Å². The first-order valence-corrected chi connectivity index (χ1v) is 9.04. The van der Waals surface area contributed by atoms with E-state index in [-0.39, 0.29) is 17.5 Å². The number of hydrogen-bond acceptors (Lipinski definition) is 6. The third-order valence-electron chi connectivity index (χ3n) is 3.80. The van der Waals surface area contributed by atoms with Crippen LogP contribution in [-0.2, 0) is 4.79 Å². The molecule has 3 rings (SSSR count). The summed E-state index contributed by atoms with van der Waals surface area (Å²) in [6, 6.07) is 15.8. The van der Waals surface area contributed by atoms with Gasteiger partial charge in [-0.15, -0.1) is 0 Å². The van der Waals surface area contributed by atoms with Crippen LogP contribution >= 0.6 is 0 Å². The van der Waals surface area contributed by atoms with E-state index in [2.05, 4.69) is 25.9 Å². The molecule has 0 unspecified atom stereocenters. The first-order chi connectivity index (χ1) is 14.0. The molecule has 148 valence electrons. The van der Waals surface area contributed by atoms with E-state index in [9.17, 15) is 9.59 Å². The van der Waals surface area contributed by atoms with Gasteiger partial charge < -0.3 is 20.7 Å². The standard InChI is InChI=1S/C21H21N5O3/c1-3-29-18-10-8-17(9-11-18)26-21(28)19-12-20(23-13-22-19)25-16-6-4-15(5-7-16)24-14(2)27/h4-13H,3H2,1-2H3,(H,24,27)(H,26,28)(H,22,23,25). The normalized spacial score (nSPS) is 10.1. The Morgan fingerprint density at radius 2 is 1.52 bits per heavy atom. The minimum Gasteiger partial charge on any atom is -0.494 e. The van der Waals surface area contributed by atoms with Crippen LogP contribution in [0.15, 0.2) is 60.9 Å². The van der Waals surface area contributed by atoms with Crippen LogP contribution < -0.4 is 20.7 Å². The number of aromatic nitrogens is 2. The zero-order chi connectivity index (χ0) is 20.6. The van der Waals surface area contributed by atoms with Crippen LogP contribution in [0.1, 0.15) is 24.3 Å². The maximum absolute atomic E-state index is 12.5. The minimum atomic E-state index is -0.347. The Labute approximate surface area is 168 Å². The van der Waals surface area contributed by atoms with Gasteiger partial charge in [0.1, 0.15) is 23.6 Å². The highest BCUT2D eigenvalue weighted by Crippen LogP contribution is 2.19. The lowest BCUT2D eigenvalue weighted by Gasteiger charge is -2.09. The smallest absolute Gasteiger partial charge is 0.274 e. The molecule has 3 N–H and O–H groups in total. The van der Waals surface area contributed by atoms with Crippen LogP contribution in [0.3, 0.4) is 0 Å². The summed E-state index contributed by atoms with van der Waals surface area (Å²) in [4.78, 5) is 31.7. The van der Waals surface area contributed by atoms with Gasteiger partial charge in [0.25, 0.3) is 5.91 Å². The lowest BCUT2D eigenvalue weighted by molar-refractivity contribution is -0.114. The molecule has 0 bridgehead atoms. The first kappa shape index (κ1) is 19.8. The van der Waals surface area contributed by atoms with Crippen LogP contribution in [-0.4, -0.2) is 28.4 Å². The van der Waals surface area contributed by atoms with Crippen LogP contribution in [0.5, 0.6) is 5.75 Å². The van der Waals surface area contributed by atoms with Gasteiger partial charge in [-0.1, -0.05) is 0 Å². The maximum atomic E-state index is 12.5. The van der Waals surface area contributed by atoms with Crippen LogP contribution in [0.25, 0.3) is 0 Å². The summed E-state index contributed by atoms with van der Waals surface area (Å²) in [6.45, 7) is 3.94. The van der Waals surface area contributed by atoms with E-state index in [4.69, 9.17) is 4.74 Å². The fraction of sp³-hybridized carbons (Fsp3) is 0.143. The molecular formula is C21H21N5O3. The number of nitrogens with one attached hydrogen (secondary N) is 3. The Balaban J connectivity index is 1.65. The van der Waals surface area contributed by atoms with Gasteiger partial charge in [-0.3, -0.25) is 9.59 Å². The molecule has 0 saturated heterocycles. The number of anilines is 4. The number of hydrogen-bond donors (Lipinski definition) is 3. The van der Waals surface area contributed by atoms with E-state index < -0.39 is 0 Å². The van der Waals surface area contributed by atoms with Crippen molar-refractivity contribution in [2.75, 3.05) is 22.6 Å². The summed E-state index contributed by atoms with van der Waals surface area (Å²) < 4.78 is 5.39. The Bertz CT molecular complexity index is 988. The SMILES string of the molecule is CCOc1ccc(NC(=O)c2cc(Nc3ccc(NC(C)=O)cc3)ncn2)cc1. The van der Waals surface area contributed by atoms with E-state index in [1.54, 1.807) is 54.6 Å². The van der Waals surface area contributed by atoms with Gasteiger partial charge in [0.05, 0.1) is 6.61 Å². The van der Waals surface area contributed by atoms with Gasteiger partial charge >= 0.3 is 0 Å². The second-order valence-electron chi connectivity index (χ2n) is 6.08. The molecule has 2 aromatic carbocycles. The molecule has 0 radical (unpaired) electrons. The van der Waals surface area contributed by atoms with Crippen molar-refractivity contribution < 1.29 is 14.3 Å². The summed E-state index contributed by atoms with van der Waals surface area (Å²) in [5, 5.41) is 8.60. The van der Waals surface area contributed by atoms with Gasteiger partial charge in [-0.05, 0) is 55.5 Å². The second kappa shape index (κ2) is 9.32. The van der Waals surface area contributed by atoms with E-state index in [1.807, 2.05) is 6.92 Å². The van der Waals surface area contributed by atoms with Crippen molar-refractivity contribution in [1.82, 2.24) is 9.97 Å². The van der Waals surface area contributed by atoms with Gasteiger partial charge in [0.15, 0.2) is 0 Å². The quantitative estimate of drug-likeness (QED) is 0.565. The van der Waals surface area contributed by atoms with Gasteiger partial charge in [0.2, 0.25) is 5.91 Å². The Morgan fingerprint density at radius 3 is 2.17 bits per heavy atom. The number of amides is 2. The van der Waals surface area contributed by atoms with E-state index >= 15 is 0 Å². The Morgan fingerprint density at radius 1 is 0.897 bits per heavy atom. The van der Waals surface area contributed by atoms with E-state index in [1.165, 1.54) is 13.3 Å². The third-order valence-corrected chi connectivity index (χ3v) is 3.80. The molecule has 3 aromatic rings. The van der Waals surface area contributed by atoms with Crippen molar-refractivity contribution in [3.8, 4) is 5.75 Å². The highest BCUT2D eigenvalue weighted by Gasteiger charge is 2.10. The first-order valence-electron chi connectivity index (χ1n) is 9.04. The second-order valence-corrected chi connectivity index (χ2v) is 6.08. The van der Waals surface area contributed by atoms with Crippen LogP contribution in [0.2, 0.25) is 0 Å². The lowest BCUT2D eigenvalue weighted by atomic mass is 10.2.